The molecule has 1 heterocycles. The normalized spacial score (nSPS) is 14.4. The Morgan fingerprint density at radius 3 is 2.85 bits per heavy atom. The Hall–Kier alpha value is -1.94. The van der Waals surface area contributed by atoms with Gasteiger partial charge in [0.1, 0.15) is 5.69 Å². The van der Waals surface area contributed by atoms with Gasteiger partial charge in [-0.25, -0.2) is 4.98 Å². The molecule has 2 aromatic rings. The monoisotopic (exact) mass is 269 g/mol. The summed E-state index contributed by atoms with van der Waals surface area (Å²) < 4.78 is 0. The first-order valence-corrected chi connectivity index (χ1v) is 7.20. The van der Waals surface area contributed by atoms with Gasteiger partial charge in [0.05, 0.1) is 5.52 Å². The predicted molar refractivity (Wildman–Crippen MR) is 79.7 cm³/mol. The van der Waals surface area contributed by atoms with Gasteiger partial charge in [0.2, 0.25) is 0 Å². The first-order chi connectivity index (χ1) is 9.83. The molecule has 1 amide bonds. The summed E-state index contributed by atoms with van der Waals surface area (Å²) in [6, 6.07) is 12.3. The Balaban J connectivity index is 1.51. The number of carbonyl (C=O) groups excluding carboxylic acids is 1. The lowest BCUT2D eigenvalue weighted by molar-refractivity contribution is 0.0948. The summed E-state index contributed by atoms with van der Waals surface area (Å²) >= 11 is 0. The highest BCUT2D eigenvalue weighted by Gasteiger charge is 2.19. The number of carbonyl (C=O) groups is 1. The van der Waals surface area contributed by atoms with Crippen LogP contribution in [-0.4, -0.2) is 30.0 Å². The molecule has 1 saturated carbocycles. The van der Waals surface area contributed by atoms with E-state index in [9.17, 15) is 4.79 Å². The zero-order valence-corrected chi connectivity index (χ0v) is 11.4. The van der Waals surface area contributed by atoms with Gasteiger partial charge in [-0.3, -0.25) is 4.79 Å². The van der Waals surface area contributed by atoms with Gasteiger partial charge in [-0.1, -0.05) is 24.3 Å². The molecule has 0 saturated heterocycles. The lowest BCUT2D eigenvalue weighted by Gasteiger charge is -2.06. The van der Waals surface area contributed by atoms with E-state index in [1.165, 1.54) is 12.8 Å². The SMILES string of the molecule is O=C(NCCCNC1CC1)c1ccc2ccccc2n1. The van der Waals surface area contributed by atoms with Crippen LogP contribution < -0.4 is 10.6 Å². The summed E-state index contributed by atoms with van der Waals surface area (Å²) in [5, 5.41) is 7.40. The zero-order chi connectivity index (χ0) is 13.8. The van der Waals surface area contributed by atoms with Crippen LogP contribution in [0.15, 0.2) is 36.4 Å². The van der Waals surface area contributed by atoms with Crippen LogP contribution in [-0.2, 0) is 0 Å². The fraction of sp³-hybridized carbons (Fsp3) is 0.375. The van der Waals surface area contributed by atoms with Crippen molar-refractivity contribution in [1.82, 2.24) is 15.6 Å². The second-order valence-corrected chi connectivity index (χ2v) is 5.23. The predicted octanol–water partition coefficient (Wildman–Crippen LogP) is 2.11. The lowest BCUT2D eigenvalue weighted by Crippen LogP contribution is -2.28. The van der Waals surface area contributed by atoms with Crippen LogP contribution in [0.25, 0.3) is 10.9 Å². The summed E-state index contributed by atoms with van der Waals surface area (Å²) in [5.41, 5.74) is 1.34. The Kier molecular flexibility index (Phi) is 3.92. The fourth-order valence-corrected chi connectivity index (χ4v) is 2.17. The van der Waals surface area contributed by atoms with Crippen LogP contribution in [0.3, 0.4) is 0 Å². The summed E-state index contributed by atoms with van der Waals surface area (Å²) in [5.74, 6) is -0.0952. The summed E-state index contributed by atoms with van der Waals surface area (Å²) in [6.45, 7) is 1.66. The molecule has 20 heavy (non-hydrogen) atoms. The van der Waals surface area contributed by atoms with Gasteiger partial charge in [0.15, 0.2) is 0 Å². The lowest BCUT2D eigenvalue weighted by atomic mass is 10.2. The molecule has 1 aromatic carbocycles. The average Bonchev–Trinajstić information content (AvgIpc) is 3.30. The number of hydrogen-bond acceptors (Lipinski definition) is 3. The molecule has 1 aliphatic rings. The number of para-hydroxylation sites is 1. The second-order valence-electron chi connectivity index (χ2n) is 5.23. The van der Waals surface area contributed by atoms with Crippen molar-refractivity contribution in [1.29, 1.82) is 0 Å². The number of hydrogen-bond donors (Lipinski definition) is 2. The number of aromatic nitrogens is 1. The van der Waals surface area contributed by atoms with E-state index >= 15 is 0 Å². The highest BCUT2D eigenvalue weighted by atomic mass is 16.1. The highest BCUT2D eigenvalue weighted by molar-refractivity contribution is 5.94. The molecule has 0 radical (unpaired) electrons. The number of nitrogens with one attached hydrogen (secondary N) is 2. The Bertz CT molecular complexity index is 607. The molecule has 3 rings (SSSR count). The standard InChI is InChI=1S/C16H19N3O/c20-16(18-11-3-10-17-13-7-8-13)15-9-6-12-4-1-2-5-14(12)19-15/h1-2,4-6,9,13,17H,3,7-8,10-11H2,(H,18,20). The maximum atomic E-state index is 12.0. The van der Waals surface area contributed by atoms with Crippen molar-refractivity contribution in [3.63, 3.8) is 0 Å². The third-order valence-corrected chi connectivity index (χ3v) is 3.48. The van der Waals surface area contributed by atoms with Gasteiger partial charge in [-0.15, -0.1) is 0 Å². The molecule has 1 aliphatic carbocycles. The van der Waals surface area contributed by atoms with Crippen molar-refractivity contribution in [2.45, 2.75) is 25.3 Å². The molecular weight excluding hydrogens is 250 g/mol. The van der Waals surface area contributed by atoms with Crippen molar-refractivity contribution in [2.24, 2.45) is 0 Å². The maximum Gasteiger partial charge on any atom is 0.269 e. The summed E-state index contributed by atoms with van der Waals surface area (Å²) in [4.78, 5) is 16.4. The van der Waals surface area contributed by atoms with Gasteiger partial charge in [0, 0.05) is 18.0 Å². The van der Waals surface area contributed by atoms with E-state index < -0.39 is 0 Å². The molecule has 1 aromatic heterocycles. The average molecular weight is 269 g/mol. The van der Waals surface area contributed by atoms with E-state index in [1.54, 1.807) is 6.07 Å². The van der Waals surface area contributed by atoms with Gasteiger partial charge < -0.3 is 10.6 Å². The van der Waals surface area contributed by atoms with E-state index in [0.29, 0.717) is 12.2 Å². The summed E-state index contributed by atoms with van der Waals surface area (Å²) in [6.07, 6.45) is 3.55. The third kappa shape index (κ3) is 3.33. The number of benzene rings is 1. The first kappa shape index (κ1) is 13.1. The smallest absolute Gasteiger partial charge is 0.269 e. The molecule has 4 nitrogen and oxygen atoms in total. The molecule has 0 unspecified atom stereocenters. The summed E-state index contributed by atoms with van der Waals surface area (Å²) in [7, 11) is 0. The molecule has 0 bridgehead atoms. The number of pyridine rings is 1. The van der Waals surface area contributed by atoms with E-state index in [1.807, 2.05) is 30.3 Å². The number of fused-ring (bicyclic) bond motifs is 1. The Labute approximate surface area is 118 Å². The molecule has 0 aliphatic heterocycles. The maximum absolute atomic E-state index is 12.0. The van der Waals surface area contributed by atoms with Crippen molar-refractivity contribution < 1.29 is 4.79 Å². The Morgan fingerprint density at radius 2 is 2.00 bits per heavy atom. The minimum Gasteiger partial charge on any atom is -0.351 e. The van der Waals surface area contributed by atoms with Crippen molar-refractivity contribution >= 4 is 16.8 Å². The van der Waals surface area contributed by atoms with Crippen LogP contribution in [0.1, 0.15) is 29.8 Å². The molecule has 0 spiro atoms. The molecule has 2 N–H and O–H groups in total. The van der Waals surface area contributed by atoms with Crippen molar-refractivity contribution in [3.8, 4) is 0 Å². The van der Waals surface area contributed by atoms with Gasteiger partial charge >= 0.3 is 0 Å². The van der Waals surface area contributed by atoms with Crippen LogP contribution in [0.5, 0.6) is 0 Å². The van der Waals surface area contributed by atoms with Crippen molar-refractivity contribution in [2.75, 3.05) is 13.1 Å². The Morgan fingerprint density at radius 1 is 1.15 bits per heavy atom. The largest absolute Gasteiger partial charge is 0.351 e. The van der Waals surface area contributed by atoms with E-state index in [4.69, 9.17) is 0 Å². The van der Waals surface area contributed by atoms with Crippen LogP contribution in [0.2, 0.25) is 0 Å². The number of nitrogens with zero attached hydrogens (tertiary/aromatic N) is 1. The van der Waals surface area contributed by atoms with Gasteiger partial charge in [0.25, 0.3) is 5.91 Å². The highest BCUT2D eigenvalue weighted by Crippen LogP contribution is 2.18. The van der Waals surface area contributed by atoms with E-state index in [-0.39, 0.29) is 5.91 Å². The molecule has 0 atom stereocenters. The second kappa shape index (κ2) is 6.01. The molecule has 104 valence electrons. The third-order valence-electron chi connectivity index (χ3n) is 3.48. The minimum absolute atomic E-state index is 0.0952. The number of amides is 1. The quantitative estimate of drug-likeness (QED) is 0.790. The number of rotatable bonds is 6. The first-order valence-electron chi connectivity index (χ1n) is 7.20. The van der Waals surface area contributed by atoms with E-state index in [2.05, 4.69) is 15.6 Å². The molecule has 4 heteroatoms. The van der Waals surface area contributed by atoms with Crippen molar-refractivity contribution in [3.05, 3.63) is 42.1 Å². The molecular formula is C16H19N3O. The van der Waals surface area contributed by atoms with Crippen LogP contribution in [0, 0.1) is 0 Å². The fourth-order valence-electron chi connectivity index (χ4n) is 2.17. The van der Waals surface area contributed by atoms with Gasteiger partial charge in [-0.05, 0) is 37.9 Å². The van der Waals surface area contributed by atoms with E-state index in [0.717, 1.165) is 29.9 Å². The van der Waals surface area contributed by atoms with Crippen LogP contribution >= 0.6 is 0 Å². The van der Waals surface area contributed by atoms with Gasteiger partial charge in [-0.2, -0.15) is 0 Å². The zero-order valence-electron chi connectivity index (χ0n) is 11.4. The minimum atomic E-state index is -0.0952. The van der Waals surface area contributed by atoms with Crippen LogP contribution in [0.4, 0.5) is 0 Å². The molecule has 1 fully saturated rings. The topological polar surface area (TPSA) is 54.0 Å².